The number of unbranched alkanes of at least 4 members (excludes halogenated alkanes) is 1. The molecule has 0 saturated heterocycles. The maximum Gasteiger partial charge on any atom is 4.00 e. The minimum atomic E-state index is 0. The minimum Gasteiger partial charge on any atom is -0.665 e. The molecule has 0 bridgehead atoms. The van der Waals surface area contributed by atoms with Crippen LogP contribution < -0.4 is 0 Å². The molecule has 0 N–H and O–H groups in total. The molecule has 0 amide bonds. The van der Waals surface area contributed by atoms with Crippen molar-refractivity contribution in [1.29, 1.82) is 0 Å². The molecule has 0 saturated carbocycles. The van der Waals surface area contributed by atoms with Gasteiger partial charge in [0.25, 0.3) is 0 Å². The van der Waals surface area contributed by atoms with Crippen LogP contribution in [-0.2, 0) is 32.3 Å². The van der Waals surface area contributed by atoms with Crippen LogP contribution in [0.4, 0.5) is 0 Å². The quantitative estimate of drug-likeness (QED) is 0.371. The van der Waals surface area contributed by atoms with Crippen LogP contribution in [0.5, 0.6) is 0 Å². The molecule has 0 aliphatic carbocycles. The average Bonchev–Trinajstić information content (AvgIpc) is 3.07. The van der Waals surface area contributed by atoms with Crippen molar-refractivity contribution in [1.82, 2.24) is 0 Å². The van der Waals surface area contributed by atoms with Gasteiger partial charge in [-0.25, -0.2) is 12.1 Å². The van der Waals surface area contributed by atoms with Gasteiger partial charge in [0.05, 0.1) is 0 Å². The van der Waals surface area contributed by atoms with Gasteiger partial charge in [0.2, 0.25) is 0 Å². The van der Waals surface area contributed by atoms with E-state index in [0.717, 1.165) is 19.6 Å². The van der Waals surface area contributed by atoms with Crippen LogP contribution in [0.2, 0.25) is 0 Å². The van der Waals surface area contributed by atoms with Gasteiger partial charge in [-0.15, -0.1) is 0 Å². The largest absolute Gasteiger partial charge is 4.00 e. The predicted octanol–water partition coefficient (Wildman–Crippen LogP) is 5.78. The van der Waals surface area contributed by atoms with Gasteiger partial charge >= 0.3 is 25.8 Å². The van der Waals surface area contributed by atoms with Gasteiger partial charge in [-0.3, -0.25) is 0 Å². The summed E-state index contributed by atoms with van der Waals surface area (Å²) >= 11 is 0. The summed E-state index contributed by atoms with van der Waals surface area (Å²) in [5.41, 5.74) is 1.48. The van der Waals surface area contributed by atoms with Crippen molar-refractivity contribution < 1.29 is 25.8 Å². The van der Waals surface area contributed by atoms with E-state index in [0.29, 0.717) is 0 Å². The predicted molar refractivity (Wildman–Crippen MR) is 100 cm³/mol. The molecule has 0 atom stereocenters. The third kappa shape index (κ3) is 36.9. The number of hydrogen-bond donors (Lipinski definition) is 0. The molecule has 0 fully saturated rings. The summed E-state index contributed by atoms with van der Waals surface area (Å²) in [6.45, 7) is 11.1. The second kappa shape index (κ2) is 32.9. The normalized spacial score (nSPS) is 8.14. The van der Waals surface area contributed by atoms with Crippen LogP contribution in [0.1, 0.15) is 46.1 Å². The van der Waals surface area contributed by atoms with Crippen molar-refractivity contribution in [3.05, 3.63) is 45.8 Å². The third-order valence-electron chi connectivity index (χ3n) is 2.50. The molecule has 0 radical (unpaired) electrons. The monoisotopic (exact) mass is 475 g/mol. The van der Waals surface area contributed by atoms with Gasteiger partial charge in [0.15, 0.2) is 0 Å². The summed E-state index contributed by atoms with van der Waals surface area (Å²) in [6.07, 6.45) is 3.87. The van der Waals surface area contributed by atoms with Crippen molar-refractivity contribution in [2.45, 2.75) is 47.0 Å². The Morgan fingerprint density at radius 3 is 1.27 bits per heavy atom. The second-order valence-corrected chi connectivity index (χ2v) is 4.29. The molecule has 3 nitrogen and oxygen atoms in total. The van der Waals surface area contributed by atoms with Crippen LogP contribution in [0.25, 0.3) is 16.0 Å². The number of nitrogens with zero attached hydrogens (tertiary/aromatic N) is 3. The summed E-state index contributed by atoms with van der Waals surface area (Å²) in [6, 6.07) is 8.58. The van der Waals surface area contributed by atoms with Gasteiger partial charge in [-0.2, -0.15) is 58.5 Å². The van der Waals surface area contributed by atoms with Gasteiger partial charge in [-0.1, -0.05) is 47.0 Å². The van der Waals surface area contributed by atoms with E-state index in [2.05, 4.69) is 47.1 Å². The third-order valence-corrected chi connectivity index (χ3v) is 2.50. The van der Waals surface area contributed by atoms with E-state index in [1.807, 2.05) is 20.8 Å². The van der Waals surface area contributed by atoms with Crippen LogP contribution in [-0.4, -0.2) is 40.8 Å². The standard InChI is InChI=1S/C9H13.3C3H8N.Hf/c1-2-3-6-9-7-4-5-8-9;3*1-3-4-2;/h4-5,7-8H,2-3,6H2,1H3;3*3H2,1-2H3;/q4*-1;+4. The fraction of sp³-hybridized carbons (Fsp3) is 0.722. The summed E-state index contributed by atoms with van der Waals surface area (Å²) in [7, 11) is 5.42. The topological polar surface area (TPSA) is 42.3 Å². The van der Waals surface area contributed by atoms with Crippen molar-refractivity contribution in [2.75, 3.05) is 40.8 Å². The first-order chi connectivity index (χ1) is 10.2. The maximum absolute atomic E-state index is 3.74. The van der Waals surface area contributed by atoms with Gasteiger partial charge < -0.3 is 16.0 Å². The second-order valence-electron chi connectivity index (χ2n) is 4.29. The fourth-order valence-corrected chi connectivity index (χ4v) is 0.961. The van der Waals surface area contributed by atoms with Gasteiger partial charge in [0, 0.05) is 0 Å². The van der Waals surface area contributed by atoms with Gasteiger partial charge in [0.1, 0.15) is 0 Å². The molecule has 1 rings (SSSR count). The minimum absolute atomic E-state index is 0. The molecule has 0 aromatic heterocycles. The van der Waals surface area contributed by atoms with Crippen LogP contribution in [0.3, 0.4) is 0 Å². The van der Waals surface area contributed by atoms with Crippen molar-refractivity contribution >= 4 is 0 Å². The Morgan fingerprint density at radius 2 is 1.05 bits per heavy atom. The summed E-state index contributed by atoms with van der Waals surface area (Å²) < 4.78 is 0. The van der Waals surface area contributed by atoms with Crippen LogP contribution in [0, 0.1) is 0 Å². The van der Waals surface area contributed by atoms with Crippen molar-refractivity contribution in [2.24, 2.45) is 0 Å². The Balaban J connectivity index is -0.000000107. The molecule has 0 heterocycles. The zero-order chi connectivity index (χ0) is 16.8. The molecular weight excluding hydrogens is 437 g/mol. The maximum atomic E-state index is 3.74. The Kier molecular flexibility index (Phi) is 44.9. The molecule has 22 heavy (non-hydrogen) atoms. The first-order valence-corrected chi connectivity index (χ1v) is 8.05. The number of aryl methyl sites for hydroxylation is 1. The van der Waals surface area contributed by atoms with E-state index in [9.17, 15) is 0 Å². The van der Waals surface area contributed by atoms with Crippen LogP contribution in [0.15, 0.2) is 24.3 Å². The first-order valence-electron chi connectivity index (χ1n) is 8.05. The molecular formula is C18H37HfN3. The Bertz CT molecular complexity index is 211. The molecule has 1 aromatic rings. The fourth-order valence-electron chi connectivity index (χ4n) is 0.961. The molecule has 0 unspecified atom stereocenters. The molecule has 4 heteroatoms. The summed E-state index contributed by atoms with van der Waals surface area (Å²) in [4.78, 5) is 0. The molecule has 0 aliphatic rings. The summed E-state index contributed by atoms with van der Waals surface area (Å²) in [5, 5.41) is 11.2. The average molecular weight is 474 g/mol. The molecule has 0 aliphatic heterocycles. The number of hydrogen-bond acceptors (Lipinski definition) is 0. The van der Waals surface area contributed by atoms with E-state index >= 15 is 0 Å². The van der Waals surface area contributed by atoms with E-state index in [4.69, 9.17) is 0 Å². The molecule has 1 aromatic carbocycles. The van der Waals surface area contributed by atoms with E-state index in [-0.39, 0.29) is 25.8 Å². The van der Waals surface area contributed by atoms with Crippen molar-refractivity contribution in [3.63, 3.8) is 0 Å². The van der Waals surface area contributed by atoms with E-state index < -0.39 is 0 Å². The first kappa shape index (κ1) is 30.0. The SMILES string of the molecule is CCCC[c-]1cccc1.CC[N-]C.CC[N-]C.CC[N-]C.[Hf+4]. The zero-order valence-corrected chi connectivity index (χ0v) is 19.5. The Hall–Kier alpha value is 0.100. The Morgan fingerprint density at radius 1 is 0.727 bits per heavy atom. The van der Waals surface area contributed by atoms with E-state index in [1.54, 1.807) is 21.1 Å². The smallest absolute Gasteiger partial charge is 0.665 e. The van der Waals surface area contributed by atoms with Crippen molar-refractivity contribution in [3.8, 4) is 0 Å². The van der Waals surface area contributed by atoms with Crippen LogP contribution >= 0.6 is 0 Å². The molecule has 128 valence electrons. The Labute approximate surface area is 159 Å². The summed E-state index contributed by atoms with van der Waals surface area (Å²) in [5.74, 6) is 0. The number of rotatable bonds is 6. The van der Waals surface area contributed by atoms with Gasteiger partial charge in [-0.05, 0) is 0 Å². The van der Waals surface area contributed by atoms with E-state index in [1.165, 1.54) is 24.8 Å². The zero-order valence-electron chi connectivity index (χ0n) is 15.9. The molecule has 0 spiro atoms.